The first-order valence-corrected chi connectivity index (χ1v) is 5.30. The highest BCUT2D eigenvalue weighted by atomic mass is 35.5. The van der Waals surface area contributed by atoms with Crippen LogP contribution in [0.3, 0.4) is 0 Å². The van der Waals surface area contributed by atoms with Gasteiger partial charge in [-0.25, -0.2) is 8.78 Å². The van der Waals surface area contributed by atoms with Crippen LogP contribution in [-0.2, 0) is 0 Å². The van der Waals surface area contributed by atoms with E-state index in [1.165, 1.54) is 0 Å². The molecule has 1 heterocycles. The minimum atomic E-state index is -2.37. The number of piperidine rings is 1. The van der Waals surface area contributed by atoms with Gasteiger partial charge in [-0.3, -0.25) is 0 Å². The van der Waals surface area contributed by atoms with Gasteiger partial charge in [0, 0.05) is 11.8 Å². The van der Waals surface area contributed by atoms with Crippen molar-refractivity contribution in [2.45, 2.75) is 38.0 Å². The van der Waals surface area contributed by atoms with E-state index in [1.807, 2.05) is 0 Å². The standard InChI is InChI=1S/C10H17F2N.ClH/c11-10(12,8-2-1-3-8)9-4-6-13-7-5-9;/h8-9,13H,1-7H2;1H. The minimum Gasteiger partial charge on any atom is -0.317 e. The monoisotopic (exact) mass is 225 g/mol. The van der Waals surface area contributed by atoms with E-state index in [0.29, 0.717) is 12.8 Å². The zero-order chi connectivity index (χ0) is 9.31. The lowest BCUT2D eigenvalue weighted by Gasteiger charge is -2.40. The van der Waals surface area contributed by atoms with Gasteiger partial charge in [-0.2, -0.15) is 0 Å². The Morgan fingerprint density at radius 2 is 1.43 bits per heavy atom. The van der Waals surface area contributed by atoms with Gasteiger partial charge in [-0.1, -0.05) is 6.42 Å². The summed E-state index contributed by atoms with van der Waals surface area (Å²) in [4.78, 5) is 0. The molecule has 1 nitrogen and oxygen atoms in total. The van der Waals surface area contributed by atoms with Crippen LogP contribution in [0.1, 0.15) is 32.1 Å². The zero-order valence-corrected chi connectivity index (χ0v) is 9.09. The SMILES string of the molecule is Cl.FC(F)(C1CCC1)C1CCNCC1. The van der Waals surface area contributed by atoms with Crippen LogP contribution in [0, 0.1) is 11.8 Å². The van der Waals surface area contributed by atoms with Crippen LogP contribution < -0.4 is 5.32 Å². The molecule has 0 aromatic rings. The van der Waals surface area contributed by atoms with E-state index in [0.717, 1.165) is 32.4 Å². The summed E-state index contributed by atoms with van der Waals surface area (Å²) in [6, 6.07) is 0. The predicted octanol–water partition coefficient (Wildman–Crippen LogP) is 2.84. The molecule has 0 unspecified atom stereocenters. The van der Waals surface area contributed by atoms with Gasteiger partial charge in [0.1, 0.15) is 0 Å². The Morgan fingerprint density at radius 1 is 0.929 bits per heavy atom. The third kappa shape index (κ3) is 2.19. The van der Waals surface area contributed by atoms with Crippen LogP contribution in [0.2, 0.25) is 0 Å². The molecular formula is C10H18ClF2N. The van der Waals surface area contributed by atoms with Crippen molar-refractivity contribution in [1.29, 1.82) is 0 Å². The Bertz CT molecular complexity index is 177. The second-order valence-electron chi connectivity index (χ2n) is 4.33. The summed E-state index contributed by atoms with van der Waals surface area (Å²) in [5.41, 5.74) is 0. The molecule has 1 aliphatic carbocycles. The molecule has 0 atom stereocenters. The summed E-state index contributed by atoms with van der Waals surface area (Å²) in [5.74, 6) is -3.02. The highest BCUT2D eigenvalue weighted by Gasteiger charge is 2.48. The van der Waals surface area contributed by atoms with E-state index in [9.17, 15) is 8.78 Å². The Balaban J connectivity index is 0.000000980. The van der Waals surface area contributed by atoms with E-state index < -0.39 is 5.92 Å². The van der Waals surface area contributed by atoms with Crippen molar-refractivity contribution in [3.8, 4) is 0 Å². The Hall–Kier alpha value is 0.110. The van der Waals surface area contributed by atoms with E-state index >= 15 is 0 Å². The summed E-state index contributed by atoms with van der Waals surface area (Å²) in [6.07, 6.45) is 3.81. The van der Waals surface area contributed by atoms with Gasteiger partial charge in [-0.05, 0) is 38.8 Å². The molecule has 0 aromatic carbocycles. The van der Waals surface area contributed by atoms with Gasteiger partial charge >= 0.3 is 0 Å². The number of hydrogen-bond donors (Lipinski definition) is 1. The molecule has 2 aliphatic rings. The summed E-state index contributed by atoms with van der Waals surface area (Å²) in [7, 11) is 0. The fourth-order valence-electron chi connectivity index (χ4n) is 2.33. The summed E-state index contributed by atoms with van der Waals surface area (Å²) >= 11 is 0. The van der Waals surface area contributed by atoms with Crippen molar-refractivity contribution in [2.75, 3.05) is 13.1 Å². The number of alkyl halides is 2. The maximum absolute atomic E-state index is 13.7. The van der Waals surface area contributed by atoms with E-state index in [4.69, 9.17) is 0 Å². The molecular weight excluding hydrogens is 208 g/mol. The van der Waals surface area contributed by atoms with Crippen LogP contribution in [0.25, 0.3) is 0 Å². The van der Waals surface area contributed by atoms with Crippen LogP contribution in [0.15, 0.2) is 0 Å². The normalized spacial score (nSPS) is 25.3. The number of hydrogen-bond acceptors (Lipinski definition) is 1. The van der Waals surface area contributed by atoms with Crippen molar-refractivity contribution < 1.29 is 8.78 Å². The molecule has 14 heavy (non-hydrogen) atoms. The lowest BCUT2D eigenvalue weighted by Crippen LogP contribution is -2.44. The molecule has 0 spiro atoms. The first-order chi connectivity index (χ1) is 6.21. The van der Waals surface area contributed by atoms with Crippen molar-refractivity contribution in [1.82, 2.24) is 5.32 Å². The Kier molecular flexibility index (Phi) is 4.14. The average Bonchev–Trinajstić information content (AvgIpc) is 2.02. The zero-order valence-electron chi connectivity index (χ0n) is 8.27. The summed E-state index contributed by atoms with van der Waals surface area (Å²) < 4.78 is 27.5. The number of rotatable bonds is 2. The maximum atomic E-state index is 13.7. The molecule has 1 N–H and O–H groups in total. The predicted molar refractivity (Wildman–Crippen MR) is 55.1 cm³/mol. The van der Waals surface area contributed by atoms with Crippen molar-refractivity contribution in [3.05, 3.63) is 0 Å². The second-order valence-corrected chi connectivity index (χ2v) is 4.33. The molecule has 2 rings (SSSR count). The molecule has 84 valence electrons. The summed E-state index contributed by atoms with van der Waals surface area (Å²) in [5, 5.41) is 3.13. The van der Waals surface area contributed by atoms with Gasteiger partial charge in [0.05, 0.1) is 0 Å². The highest BCUT2D eigenvalue weighted by Crippen LogP contribution is 2.46. The molecule has 1 saturated heterocycles. The van der Waals surface area contributed by atoms with Crippen molar-refractivity contribution in [3.63, 3.8) is 0 Å². The fourth-order valence-corrected chi connectivity index (χ4v) is 2.33. The third-order valence-electron chi connectivity index (χ3n) is 3.53. The third-order valence-corrected chi connectivity index (χ3v) is 3.53. The molecule has 1 saturated carbocycles. The second kappa shape index (κ2) is 4.75. The smallest absolute Gasteiger partial charge is 0.253 e. The molecule has 0 aromatic heterocycles. The van der Waals surface area contributed by atoms with E-state index in [2.05, 4.69) is 5.32 Å². The first kappa shape index (κ1) is 12.2. The Morgan fingerprint density at radius 3 is 1.86 bits per heavy atom. The van der Waals surface area contributed by atoms with Crippen LogP contribution >= 0.6 is 12.4 Å². The van der Waals surface area contributed by atoms with Crippen LogP contribution in [0.4, 0.5) is 8.78 Å². The fraction of sp³-hybridized carbons (Fsp3) is 1.00. The first-order valence-electron chi connectivity index (χ1n) is 5.30. The average molecular weight is 226 g/mol. The maximum Gasteiger partial charge on any atom is 0.253 e. The van der Waals surface area contributed by atoms with Gasteiger partial charge in [0.2, 0.25) is 0 Å². The Labute approximate surface area is 90.0 Å². The quantitative estimate of drug-likeness (QED) is 0.762. The van der Waals surface area contributed by atoms with Crippen LogP contribution in [-0.4, -0.2) is 19.0 Å². The largest absolute Gasteiger partial charge is 0.317 e. The van der Waals surface area contributed by atoms with Gasteiger partial charge in [0.25, 0.3) is 5.92 Å². The van der Waals surface area contributed by atoms with Crippen molar-refractivity contribution in [2.24, 2.45) is 11.8 Å². The molecule has 0 bridgehead atoms. The lowest BCUT2D eigenvalue weighted by atomic mass is 9.73. The number of halogens is 3. The number of nitrogens with one attached hydrogen (secondary N) is 1. The van der Waals surface area contributed by atoms with Gasteiger partial charge < -0.3 is 5.32 Å². The molecule has 2 fully saturated rings. The highest BCUT2D eigenvalue weighted by molar-refractivity contribution is 5.85. The molecule has 4 heteroatoms. The van der Waals surface area contributed by atoms with E-state index in [1.54, 1.807) is 0 Å². The van der Waals surface area contributed by atoms with Gasteiger partial charge in [0.15, 0.2) is 0 Å². The lowest BCUT2D eigenvalue weighted by molar-refractivity contribution is -0.139. The minimum absolute atomic E-state index is 0. The molecule has 1 aliphatic heterocycles. The van der Waals surface area contributed by atoms with E-state index in [-0.39, 0.29) is 24.2 Å². The topological polar surface area (TPSA) is 12.0 Å². The molecule has 0 radical (unpaired) electrons. The van der Waals surface area contributed by atoms with Crippen molar-refractivity contribution >= 4 is 12.4 Å². The van der Waals surface area contributed by atoms with Gasteiger partial charge in [-0.15, -0.1) is 12.4 Å². The van der Waals surface area contributed by atoms with Crippen LogP contribution in [0.5, 0.6) is 0 Å². The summed E-state index contributed by atoms with van der Waals surface area (Å²) in [6.45, 7) is 1.54. The molecule has 0 amide bonds.